The molecule has 3 heterocycles. The Balaban J connectivity index is 1.41. The van der Waals surface area contributed by atoms with Crippen LogP contribution in [0.2, 0.25) is 0 Å². The van der Waals surface area contributed by atoms with Gasteiger partial charge in [-0.25, -0.2) is 4.98 Å². The Hall–Kier alpha value is -2.58. The molecule has 1 aliphatic rings. The Bertz CT molecular complexity index is 954. The summed E-state index contributed by atoms with van der Waals surface area (Å²) in [6.07, 6.45) is 3.94. The first-order valence-electron chi connectivity index (χ1n) is 9.79. The van der Waals surface area contributed by atoms with Gasteiger partial charge in [-0.3, -0.25) is 0 Å². The minimum absolute atomic E-state index is 0.508. The van der Waals surface area contributed by atoms with E-state index in [1.165, 1.54) is 16.2 Å². The van der Waals surface area contributed by atoms with Crippen molar-refractivity contribution >= 4 is 17.9 Å². The Labute approximate surface area is 170 Å². The quantitative estimate of drug-likeness (QED) is 0.655. The number of quaternary nitrogens is 1. The predicted molar refractivity (Wildman–Crippen MR) is 110 cm³/mol. The molecule has 0 radical (unpaired) electrons. The topological polar surface area (TPSA) is 57.5 Å². The molecule has 8 heteroatoms. The van der Waals surface area contributed by atoms with Gasteiger partial charge in [-0.05, 0) is 46.3 Å². The maximum Gasteiger partial charge on any atom is 0.225 e. The van der Waals surface area contributed by atoms with Crippen LogP contribution >= 0.6 is 12.2 Å². The number of pyridine rings is 1. The number of benzene rings is 1. The molecule has 1 fully saturated rings. The number of nitrogens with one attached hydrogen (secondary N) is 2. The average molecular weight is 398 g/mol. The van der Waals surface area contributed by atoms with Crippen molar-refractivity contribution in [2.45, 2.75) is 26.4 Å². The third kappa shape index (κ3) is 3.98. The number of tetrazole rings is 1. The monoisotopic (exact) mass is 397 g/mol. The van der Waals surface area contributed by atoms with E-state index in [1.54, 1.807) is 4.68 Å². The van der Waals surface area contributed by atoms with Gasteiger partial charge >= 0.3 is 0 Å². The van der Waals surface area contributed by atoms with Crippen LogP contribution < -0.4 is 14.8 Å². The molecule has 3 aromatic rings. The number of anilines is 1. The molecule has 2 N–H and O–H groups in total. The van der Waals surface area contributed by atoms with Crippen molar-refractivity contribution in [3.8, 4) is 5.69 Å². The Morgan fingerprint density at radius 1 is 1.00 bits per heavy atom. The molecule has 2 aromatic heterocycles. The molecule has 7 nitrogen and oxygen atoms in total. The number of piperazine rings is 1. The van der Waals surface area contributed by atoms with E-state index in [2.05, 4.69) is 70.6 Å². The minimum Gasteiger partial charge on any atom is -0.360 e. The van der Waals surface area contributed by atoms with Crippen LogP contribution in [0.25, 0.3) is 5.69 Å². The highest BCUT2D eigenvalue weighted by molar-refractivity contribution is 7.71. The summed E-state index contributed by atoms with van der Waals surface area (Å²) in [7, 11) is 0. The zero-order chi connectivity index (χ0) is 19.5. The van der Waals surface area contributed by atoms with Crippen molar-refractivity contribution in [3.05, 3.63) is 59.1 Å². The molecule has 0 amide bonds. The second-order valence-electron chi connectivity index (χ2n) is 7.57. The highest BCUT2D eigenvalue weighted by Gasteiger charge is 2.21. The van der Waals surface area contributed by atoms with E-state index in [9.17, 15) is 0 Å². The molecule has 146 valence electrons. The molecule has 1 saturated heterocycles. The Kier molecular flexibility index (Phi) is 5.50. The smallest absolute Gasteiger partial charge is 0.225 e. The van der Waals surface area contributed by atoms with Crippen LogP contribution in [0.5, 0.6) is 0 Å². The van der Waals surface area contributed by atoms with Crippen LogP contribution in [0.4, 0.5) is 5.69 Å². The van der Waals surface area contributed by atoms with Gasteiger partial charge in [0.15, 0.2) is 19.1 Å². The van der Waals surface area contributed by atoms with Gasteiger partial charge in [0.05, 0.1) is 31.9 Å². The molecular formula is C20H27N7S+2. The molecule has 1 aromatic carbocycles. The van der Waals surface area contributed by atoms with Gasteiger partial charge in [-0.15, -0.1) is 0 Å². The van der Waals surface area contributed by atoms with Gasteiger partial charge in [0.25, 0.3) is 0 Å². The van der Waals surface area contributed by atoms with Crippen molar-refractivity contribution < 1.29 is 9.88 Å². The molecule has 0 atom stereocenters. The molecule has 0 aliphatic carbocycles. The summed E-state index contributed by atoms with van der Waals surface area (Å²) in [5, 5.41) is 8.59. The van der Waals surface area contributed by atoms with E-state index in [0.29, 0.717) is 10.7 Å². The third-order valence-electron chi connectivity index (χ3n) is 5.35. The number of rotatable bonds is 5. The zero-order valence-electron chi connectivity index (χ0n) is 16.4. The normalized spacial score (nSPS) is 15.3. The van der Waals surface area contributed by atoms with Crippen LogP contribution in [-0.2, 0) is 6.67 Å². The molecule has 0 saturated carbocycles. The first-order valence-corrected chi connectivity index (χ1v) is 10.2. The average Bonchev–Trinajstić information content (AvgIpc) is 3.09. The van der Waals surface area contributed by atoms with Gasteiger partial charge < -0.3 is 9.80 Å². The van der Waals surface area contributed by atoms with Gasteiger partial charge in [0.1, 0.15) is 0 Å². The largest absolute Gasteiger partial charge is 0.360 e. The summed E-state index contributed by atoms with van der Waals surface area (Å²) in [6.45, 7) is 9.28. The SMILES string of the molecule is CC(C)c1ccc(-n2nnn(C[NH+]3CCN(c4cc[nH+]cc4)CC3)c2=S)cc1. The van der Waals surface area contributed by atoms with E-state index in [1.807, 2.05) is 17.1 Å². The summed E-state index contributed by atoms with van der Waals surface area (Å²) >= 11 is 5.63. The lowest BCUT2D eigenvalue weighted by molar-refractivity contribution is -0.924. The molecule has 4 rings (SSSR count). The Morgan fingerprint density at radius 2 is 1.68 bits per heavy atom. The molecule has 0 unspecified atom stereocenters. The van der Waals surface area contributed by atoms with Crippen LogP contribution in [0.15, 0.2) is 48.8 Å². The van der Waals surface area contributed by atoms with E-state index in [0.717, 1.165) is 38.5 Å². The third-order valence-corrected chi connectivity index (χ3v) is 5.74. The van der Waals surface area contributed by atoms with Crippen LogP contribution in [0.3, 0.4) is 0 Å². The van der Waals surface area contributed by atoms with Crippen LogP contribution in [-0.4, -0.2) is 46.0 Å². The van der Waals surface area contributed by atoms with Gasteiger partial charge in [-0.2, -0.15) is 9.36 Å². The maximum absolute atomic E-state index is 5.63. The zero-order valence-corrected chi connectivity index (χ0v) is 17.2. The molecule has 0 bridgehead atoms. The summed E-state index contributed by atoms with van der Waals surface area (Å²) in [5.74, 6) is 0.508. The van der Waals surface area contributed by atoms with Crippen molar-refractivity contribution in [2.24, 2.45) is 0 Å². The van der Waals surface area contributed by atoms with Gasteiger partial charge in [-0.1, -0.05) is 26.0 Å². The number of hydrogen-bond acceptors (Lipinski definition) is 4. The summed E-state index contributed by atoms with van der Waals surface area (Å²) in [5.41, 5.74) is 3.54. The highest BCUT2D eigenvalue weighted by Crippen LogP contribution is 2.16. The number of nitrogens with zero attached hydrogens (tertiary/aromatic N) is 5. The lowest BCUT2D eigenvalue weighted by atomic mass is 10.0. The van der Waals surface area contributed by atoms with E-state index < -0.39 is 0 Å². The fourth-order valence-corrected chi connectivity index (χ4v) is 3.82. The molecule has 1 aliphatic heterocycles. The van der Waals surface area contributed by atoms with Crippen LogP contribution in [0.1, 0.15) is 25.3 Å². The fraction of sp³-hybridized carbons (Fsp3) is 0.400. The van der Waals surface area contributed by atoms with Gasteiger partial charge in [0.2, 0.25) is 4.77 Å². The number of hydrogen-bond donors (Lipinski definition) is 1. The number of aromatic nitrogens is 5. The lowest BCUT2D eigenvalue weighted by Crippen LogP contribution is -3.14. The van der Waals surface area contributed by atoms with Crippen LogP contribution in [0, 0.1) is 4.77 Å². The van der Waals surface area contributed by atoms with Crippen molar-refractivity contribution in [2.75, 3.05) is 31.1 Å². The van der Waals surface area contributed by atoms with E-state index >= 15 is 0 Å². The predicted octanol–water partition coefficient (Wildman–Crippen LogP) is 1.10. The van der Waals surface area contributed by atoms with E-state index in [-0.39, 0.29) is 0 Å². The summed E-state index contributed by atoms with van der Waals surface area (Å²) < 4.78 is 4.23. The van der Waals surface area contributed by atoms with Crippen molar-refractivity contribution in [1.82, 2.24) is 19.8 Å². The molecular weight excluding hydrogens is 370 g/mol. The second kappa shape index (κ2) is 8.20. The second-order valence-corrected chi connectivity index (χ2v) is 7.94. The number of H-pyrrole nitrogens is 1. The first-order chi connectivity index (χ1) is 13.6. The molecule has 0 spiro atoms. The van der Waals surface area contributed by atoms with Crippen molar-refractivity contribution in [1.29, 1.82) is 0 Å². The van der Waals surface area contributed by atoms with E-state index in [4.69, 9.17) is 12.2 Å². The molecule has 28 heavy (non-hydrogen) atoms. The Morgan fingerprint density at radius 3 is 2.32 bits per heavy atom. The standard InChI is InChI=1S/C20H25N7S/c1-16(2)17-3-5-19(6-4-17)27-20(28)26(22-23-27)15-24-11-13-25(14-12-24)18-7-9-21-10-8-18/h3-10,16H,11-15H2,1-2H3/p+2. The summed E-state index contributed by atoms with van der Waals surface area (Å²) in [4.78, 5) is 6.97. The van der Waals surface area contributed by atoms with Crippen molar-refractivity contribution in [3.63, 3.8) is 0 Å². The highest BCUT2D eigenvalue weighted by atomic mass is 32.1. The summed E-state index contributed by atoms with van der Waals surface area (Å²) in [6, 6.07) is 12.6. The minimum atomic E-state index is 0.508. The lowest BCUT2D eigenvalue weighted by Gasteiger charge is -2.32. The maximum atomic E-state index is 5.63. The number of aromatic amines is 1. The fourth-order valence-electron chi connectivity index (χ4n) is 3.58. The first kappa shape index (κ1) is 18.8. The van der Waals surface area contributed by atoms with Gasteiger partial charge in [0, 0.05) is 17.8 Å².